The highest BCUT2D eigenvalue weighted by Gasteiger charge is 2.40. The summed E-state index contributed by atoms with van der Waals surface area (Å²) in [5, 5.41) is 3.56. The number of amides is 1. The molecule has 1 aromatic carbocycles. The van der Waals surface area contributed by atoms with Crippen LogP contribution in [0.2, 0.25) is 0 Å². The van der Waals surface area contributed by atoms with Gasteiger partial charge in [0.05, 0.1) is 18.6 Å². The molecule has 28 heavy (non-hydrogen) atoms. The van der Waals surface area contributed by atoms with Crippen molar-refractivity contribution in [2.75, 3.05) is 19.6 Å². The Kier molecular flexibility index (Phi) is 4.93. The molecule has 4 aliphatic rings. The fourth-order valence-electron chi connectivity index (χ4n) is 5.40. The number of carbonyl (C=O) groups excluding carboxylic acids is 1. The van der Waals surface area contributed by atoms with E-state index in [1.165, 1.54) is 24.1 Å². The van der Waals surface area contributed by atoms with Gasteiger partial charge in [-0.05, 0) is 56.2 Å². The summed E-state index contributed by atoms with van der Waals surface area (Å²) < 4.78 is 2.29. The molecule has 2 saturated heterocycles. The van der Waals surface area contributed by atoms with Crippen LogP contribution < -0.4 is 5.32 Å². The standard InChI is InChI=1S/C23H30N4O/c28-23(20-12-18-6-7-19(20)14-24-13-18)26-11-9-22-21(15-26)25-16-27(22)10-8-17-4-2-1-3-5-17/h1-5,16,18-20,24H,6-15H2. The number of imidazole rings is 1. The first-order chi connectivity index (χ1) is 13.8. The predicted octanol–water partition coefficient (Wildman–Crippen LogP) is 2.65. The van der Waals surface area contributed by atoms with Gasteiger partial charge < -0.3 is 14.8 Å². The van der Waals surface area contributed by atoms with E-state index < -0.39 is 0 Å². The Bertz CT molecular complexity index is 826. The molecule has 5 nitrogen and oxygen atoms in total. The van der Waals surface area contributed by atoms with Crippen LogP contribution in [0.25, 0.3) is 0 Å². The van der Waals surface area contributed by atoms with E-state index in [9.17, 15) is 4.79 Å². The molecule has 3 atom stereocenters. The van der Waals surface area contributed by atoms with Gasteiger partial charge in [-0.1, -0.05) is 30.3 Å². The van der Waals surface area contributed by atoms with Crippen molar-refractivity contribution in [1.82, 2.24) is 19.8 Å². The van der Waals surface area contributed by atoms with E-state index in [1.54, 1.807) is 0 Å². The number of nitrogens with zero attached hydrogens (tertiary/aromatic N) is 3. The number of rotatable bonds is 4. The lowest BCUT2D eigenvalue weighted by atomic mass is 9.75. The highest BCUT2D eigenvalue weighted by molar-refractivity contribution is 5.79. The number of carbonyl (C=O) groups is 1. The second-order valence-electron chi connectivity index (χ2n) is 8.78. The Morgan fingerprint density at radius 2 is 2.07 bits per heavy atom. The van der Waals surface area contributed by atoms with Gasteiger partial charge >= 0.3 is 0 Å². The Morgan fingerprint density at radius 3 is 2.96 bits per heavy atom. The molecule has 3 unspecified atom stereocenters. The zero-order chi connectivity index (χ0) is 18.9. The largest absolute Gasteiger partial charge is 0.336 e. The van der Waals surface area contributed by atoms with Crippen LogP contribution in [-0.4, -0.2) is 40.0 Å². The molecular formula is C23H30N4O. The molecule has 1 amide bonds. The van der Waals surface area contributed by atoms with Crippen molar-refractivity contribution in [2.24, 2.45) is 17.8 Å². The number of hydrogen-bond donors (Lipinski definition) is 1. The number of fused-ring (bicyclic) bond motifs is 5. The fraction of sp³-hybridized carbons (Fsp3) is 0.565. The maximum absolute atomic E-state index is 13.3. The van der Waals surface area contributed by atoms with Gasteiger partial charge in [0.25, 0.3) is 0 Å². The summed E-state index contributed by atoms with van der Waals surface area (Å²) in [5.41, 5.74) is 3.78. The fourth-order valence-corrected chi connectivity index (χ4v) is 5.40. The molecule has 0 spiro atoms. The molecule has 2 bridgehead atoms. The average Bonchev–Trinajstić information content (AvgIpc) is 2.89. The summed E-state index contributed by atoms with van der Waals surface area (Å²) >= 11 is 0. The van der Waals surface area contributed by atoms with Gasteiger partial charge in [-0.3, -0.25) is 4.79 Å². The smallest absolute Gasteiger partial charge is 0.226 e. The number of aryl methyl sites for hydroxylation is 2. The summed E-state index contributed by atoms with van der Waals surface area (Å²) in [6.45, 7) is 4.59. The van der Waals surface area contributed by atoms with Crippen molar-refractivity contribution >= 4 is 5.91 Å². The molecule has 1 saturated carbocycles. The van der Waals surface area contributed by atoms with Gasteiger partial charge in [-0.15, -0.1) is 0 Å². The Hall–Kier alpha value is -2.14. The van der Waals surface area contributed by atoms with E-state index in [4.69, 9.17) is 0 Å². The Balaban J connectivity index is 1.25. The first-order valence-corrected chi connectivity index (χ1v) is 10.8. The van der Waals surface area contributed by atoms with Crippen molar-refractivity contribution in [2.45, 2.75) is 45.2 Å². The van der Waals surface area contributed by atoms with Crippen LogP contribution in [0.3, 0.4) is 0 Å². The van der Waals surface area contributed by atoms with Gasteiger partial charge in [0.2, 0.25) is 5.91 Å². The van der Waals surface area contributed by atoms with Crippen molar-refractivity contribution in [1.29, 1.82) is 0 Å². The van der Waals surface area contributed by atoms with E-state index in [2.05, 4.69) is 50.1 Å². The molecule has 5 heteroatoms. The minimum absolute atomic E-state index is 0.218. The molecule has 1 N–H and O–H groups in total. The van der Waals surface area contributed by atoms with Crippen LogP contribution in [-0.2, 0) is 30.7 Å². The first kappa shape index (κ1) is 17.9. The molecule has 3 fully saturated rings. The highest BCUT2D eigenvalue weighted by atomic mass is 16.2. The van der Waals surface area contributed by atoms with Crippen molar-refractivity contribution in [3.8, 4) is 0 Å². The second-order valence-corrected chi connectivity index (χ2v) is 8.78. The molecule has 3 aliphatic heterocycles. The van der Waals surface area contributed by atoms with Crippen LogP contribution in [0.15, 0.2) is 36.7 Å². The van der Waals surface area contributed by atoms with Crippen LogP contribution in [0, 0.1) is 17.8 Å². The lowest BCUT2D eigenvalue weighted by molar-refractivity contribution is -0.139. The maximum atomic E-state index is 13.3. The van der Waals surface area contributed by atoms with E-state index in [-0.39, 0.29) is 5.92 Å². The molecule has 2 aromatic rings. The Labute approximate surface area is 167 Å². The van der Waals surface area contributed by atoms with E-state index >= 15 is 0 Å². The summed E-state index contributed by atoms with van der Waals surface area (Å²) in [4.78, 5) is 20.0. The molecule has 148 valence electrons. The first-order valence-electron chi connectivity index (χ1n) is 10.8. The number of benzene rings is 1. The predicted molar refractivity (Wildman–Crippen MR) is 109 cm³/mol. The SMILES string of the molecule is O=C(C1CC2CCC1CNC2)N1CCc2c(ncn2CCc2ccccc2)C1. The number of hydrogen-bond acceptors (Lipinski definition) is 3. The lowest BCUT2D eigenvalue weighted by Crippen LogP contribution is -2.44. The summed E-state index contributed by atoms with van der Waals surface area (Å²) in [5.74, 6) is 1.81. The van der Waals surface area contributed by atoms with Gasteiger partial charge in [0, 0.05) is 31.1 Å². The zero-order valence-electron chi connectivity index (χ0n) is 16.5. The minimum atomic E-state index is 0.218. The molecular weight excluding hydrogens is 348 g/mol. The van der Waals surface area contributed by atoms with Crippen LogP contribution >= 0.6 is 0 Å². The average molecular weight is 379 g/mol. The van der Waals surface area contributed by atoms with Crippen LogP contribution in [0.1, 0.15) is 36.2 Å². The van der Waals surface area contributed by atoms with Gasteiger partial charge in [-0.25, -0.2) is 4.98 Å². The Morgan fingerprint density at radius 1 is 1.18 bits per heavy atom. The van der Waals surface area contributed by atoms with Crippen LogP contribution in [0.5, 0.6) is 0 Å². The van der Waals surface area contributed by atoms with Gasteiger partial charge in [0.15, 0.2) is 0 Å². The van der Waals surface area contributed by atoms with E-state index in [1.807, 2.05) is 6.33 Å². The van der Waals surface area contributed by atoms with Gasteiger partial charge in [-0.2, -0.15) is 0 Å². The topological polar surface area (TPSA) is 50.2 Å². The summed E-state index contributed by atoms with van der Waals surface area (Å²) in [7, 11) is 0. The minimum Gasteiger partial charge on any atom is -0.336 e. The molecule has 1 aliphatic carbocycles. The molecule has 4 heterocycles. The van der Waals surface area contributed by atoms with Gasteiger partial charge in [0.1, 0.15) is 0 Å². The lowest BCUT2D eigenvalue weighted by Gasteiger charge is -2.36. The third-order valence-corrected chi connectivity index (χ3v) is 7.05. The maximum Gasteiger partial charge on any atom is 0.226 e. The van der Waals surface area contributed by atoms with E-state index in [0.29, 0.717) is 24.3 Å². The van der Waals surface area contributed by atoms with E-state index in [0.717, 1.165) is 51.1 Å². The number of aromatic nitrogens is 2. The summed E-state index contributed by atoms with van der Waals surface area (Å²) in [6, 6.07) is 10.6. The van der Waals surface area contributed by atoms with Crippen LogP contribution in [0.4, 0.5) is 0 Å². The van der Waals surface area contributed by atoms with Crippen molar-refractivity contribution < 1.29 is 4.79 Å². The third kappa shape index (κ3) is 3.48. The molecule has 0 radical (unpaired) electrons. The highest BCUT2D eigenvalue weighted by Crippen LogP contribution is 2.37. The third-order valence-electron chi connectivity index (χ3n) is 7.05. The normalized spacial score (nSPS) is 26.7. The quantitative estimate of drug-likeness (QED) is 0.890. The summed E-state index contributed by atoms with van der Waals surface area (Å²) in [6.07, 6.45) is 7.49. The monoisotopic (exact) mass is 378 g/mol. The second kappa shape index (κ2) is 7.70. The molecule has 6 rings (SSSR count). The van der Waals surface area contributed by atoms with Crippen molar-refractivity contribution in [3.63, 3.8) is 0 Å². The number of nitrogens with one attached hydrogen (secondary N) is 1. The zero-order valence-corrected chi connectivity index (χ0v) is 16.5. The van der Waals surface area contributed by atoms with Crippen molar-refractivity contribution in [3.05, 3.63) is 53.6 Å². The molecule has 1 aromatic heterocycles.